The number of rotatable bonds is 5. The van der Waals surface area contributed by atoms with Gasteiger partial charge in [-0.15, -0.1) is 0 Å². The van der Waals surface area contributed by atoms with Gasteiger partial charge < -0.3 is 9.47 Å². The molecule has 0 aliphatic rings. The van der Waals surface area contributed by atoms with Crippen LogP contribution in [-0.4, -0.2) is 13.1 Å². The van der Waals surface area contributed by atoms with Crippen molar-refractivity contribution in [2.24, 2.45) is 0 Å². The van der Waals surface area contributed by atoms with Gasteiger partial charge in [0.1, 0.15) is 12.4 Å². The third kappa shape index (κ3) is 4.27. The summed E-state index contributed by atoms with van der Waals surface area (Å²) < 4.78 is 76.6. The number of allylic oxidation sites excluding steroid dienone is 1. The van der Waals surface area contributed by atoms with Crippen LogP contribution in [0.3, 0.4) is 0 Å². The Morgan fingerprint density at radius 2 is 1.56 bits per heavy atom. The summed E-state index contributed by atoms with van der Waals surface area (Å²) >= 11 is 0. The molecule has 3 nitrogen and oxygen atoms in total. The number of methoxy groups -OCH3 is 1. The number of hydrogen-bond donors (Lipinski definition) is 0. The number of ether oxygens (including phenoxy) is 2. The number of esters is 1. The van der Waals surface area contributed by atoms with Crippen LogP contribution in [0.25, 0.3) is 5.57 Å². The number of benzene rings is 2. The number of carbonyl (C=O) groups is 1. The molecule has 0 saturated heterocycles. The van der Waals surface area contributed by atoms with Crippen molar-refractivity contribution >= 4 is 11.5 Å². The van der Waals surface area contributed by atoms with Crippen LogP contribution in [0.15, 0.2) is 24.3 Å². The van der Waals surface area contributed by atoms with Crippen molar-refractivity contribution in [1.82, 2.24) is 0 Å². The highest BCUT2D eigenvalue weighted by molar-refractivity contribution is 5.90. The van der Waals surface area contributed by atoms with Crippen LogP contribution in [-0.2, 0) is 16.1 Å². The molecule has 27 heavy (non-hydrogen) atoms. The maximum absolute atomic E-state index is 13.7. The summed E-state index contributed by atoms with van der Waals surface area (Å²) in [5, 5.41) is 0. The number of aryl methyl sites for hydroxylation is 1. The van der Waals surface area contributed by atoms with E-state index in [1.54, 1.807) is 26.0 Å². The van der Waals surface area contributed by atoms with E-state index in [1.807, 2.05) is 0 Å². The minimum atomic E-state index is -2.22. The molecule has 144 valence electrons. The monoisotopic (exact) mass is 386 g/mol. The molecule has 0 saturated carbocycles. The van der Waals surface area contributed by atoms with E-state index in [2.05, 4.69) is 4.74 Å². The molecule has 2 rings (SSSR count). The van der Waals surface area contributed by atoms with Gasteiger partial charge in [0.25, 0.3) is 0 Å². The SMILES string of the molecule is COC(=O)/C=C(/C)c1ccc(OCc2c(F)c(F)c(F)c(F)c2F)c(C)c1. The smallest absolute Gasteiger partial charge is 0.330 e. The highest BCUT2D eigenvalue weighted by Gasteiger charge is 2.26. The average Bonchev–Trinajstić information content (AvgIpc) is 2.65. The van der Waals surface area contributed by atoms with Crippen LogP contribution in [0.1, 0.15) is 23.6 Å². The highest BCUT2D eigenvalue weighted by Crippen LogP contribution is 2.27. The van der Waals surface area contributed by atoms with E-state index in [0.717, 1.165) is 0 Å². The zero-order chi connectivity index (χ0) is 20.3. The molecule has 0 spiro atoms. The first-order chi connectivity index (χ1) is 12.7. The second kappa shape index (κ2) is 8.20. The molecule has 2 aromatic carbocycles. The Hall–Kier alpha value is -2.90. The second-order valence-corrected chi connectivity index (χ2v) is 5.67. The average molecular weight is 386 g/mol. The predicted octanol–water partition coefficient (Wildman–Crippen LogP) is 4.85. The van der Waals surface area contributed by atoms with E-state index in [4.69, 9.17) is 4.74 Å². The first kappa shape index (κ1) is 20.4. The lowest BCUT2D eigenvalue weighted by Crippen LogP contribution is -2.10. The van der Waals surface area contributed by atoms with Crippen molar-refractivity contribution in [3.05, 3.63) is 70.1 Å². The zero-order valence-electron chi connectivity index (χ0n) is 14.6. The van der Waals surface area contributed by atoms with Gasteiger partial charge >= 0.3 is 5.97 Å². The topological polar surface area (TPSA) is 35.5 Å². The third-order valence-electron chi connectivity index (χ3n) is 3.84. The van der Waals surface area contributed by atoms with E-state index in [1.165, 1.54) is 19.3 Å². The Morgan fingerprint density at radius 3 is 2.07 bits per heavy atom. The summed E-state index contributed by atoms with van der Waals surface area (Å²) in [5.74, 6) is -10.5. The van der Waals surface area contributed by atoms with Crippen molar-refractivity contribution < 1.29 is 36.2 Å². The zero-order valence-corrected chi connectivity index (χ0v) is 14.6. The Morgan fingerprint density at radius 1 is 1.00 bits per heavy atom. The fraction of sp³-hybridized carbons (Fsp3) is 0.211. The lowest BCUT2D eigenvalue weighted by atomic mass is 10.0. The highest BCUT2D eigenvalue weighted by atomic mass is 19.2. The maximum atomic E-state index is 13.7. The molecule has 0 bridgehead atoms. The van der Waals surface area contributed by atoms with E-state index in [0.29, 0.717) is 16.7 Å². The molecule has 0 aromatic heterocycles. The fourth-order valence-electron chi connectivity index (χ4n) is 2.30. The summed E-state index contributed by atoms with van der Waals surface area (Å²) in [5.41, 5.74) is 0.753. The van der Waals surface area contributed by atoms with E-state index in [-0.39, 0.29) is 5.75 Å². The molecule has 0 fully saturated rings. The van der Waals surface area contributed by atoms with Crippen molar-refractivity contribution in [1.29, 1.82) is 0 Å². The van der Waals surface area contributed by atoms with Crippen LogP contribution in [0.5, 0.6) is 5.75 Å². The van der Waals surface area contributed by atoms with Gasteiger partial charge in [-0.1, -0.05) is 6.07 Å². The summed E-state index contributed by atoms with van der Waals surface area (Å²) in [4.78, 5) is 11.3. The fourth-order valence-corrected chi connectivity index (χ4v) is 2.30. The van der Waals surface area contributed by atoms with Gasteiger partial charge in [0.15, 0.2) is 23.3 Å². The van der Waals surface area contributed by atoms with Crippen LogP contribution < -0.4 is 4.74 Å². The Bertz CT molecular complexity index is 893. The van der Waals surface area contributed by atoms with Gasteiger partial charge in [-0.05, 0) is 42.7 Å². The Labute approximate surface area is 152 Å². The number of carbonyl (C=O) groups excluding carboxylic acids is 1. The molecular weight excluding hydrogens is 371 g/mol. The number of hydrogen-bond acceptors (Lipinski definition) is 3. The summed E-state index contributed by atoms with van der Waals surface area (Å²) in [7, 11) is 1.24. The molecule has 2 aromatic rings. The van der Waals surface area contributed by atoms with Gasteiger partial charge in [-0.3, -0.25) is 0 Å². The van der Waals surface area contributed by atoms with Crippen LogP contribution in [0.4, 0.5) is 22.0 Å². The van der Waals surface area contributed by atoms with Crippen molar-refractivity contribution in [3.8, 4) is 5.75 Å². The Kier molecular flexibility index (Phi) is 6.20. The molecule has 0 N–H and O–H groups in total. The first-order valence-electron chi connectivity index (χ1n) is 7.67. The van der Waals surface area contributed by atoms with Gasteiger partial charge in [-0.2, -0.15) is 0 Å². The van der Waals surface area contributed by atoms with Crippen LogP contribution >= 0.6 is 0 Å². The van der Waals surface area contributed by atoms with E-state index < -0.39 is 47.2 Å². The van der Waals surface area contributed by atoms with Gasteiger partial charge in [0.2, 0.25) is 5.82 Å². The molecule has 0 unspecified atom stereocenters. The van der Waals surface area contributed by atoms with Crippen molar-refractivity contribution in [2.75, 3.05) is 7.11 Å². The molecular formula is C19H15F5O3. The normalized spacial score (nSPS) is 11.5. The maximum Gasteiger partial charge on any atom is 0.330 e. The second-order valence-electron chi connectivity index (χ2n) is 5.67. The number of halogens is 5. The molecule has 0 atom stereocenters. The minimum absolute atomic E-state index is 0.188. The van der Waals surface area contributed by atoms with E-state index >= 15 is 0 Å². The summed E-state index contributed by atoms with van der Waals surface area (Å²) in [6.45, 7) is 2.47. The predicted molar refractivity (Wildman–Crippen MR) is 87.4 cm³/mol. The van der Waals surface area contributed by atoms with Crippen LogP contribution in [0.2, 0.25) is 0 Å². The molecule has 8 heteroatoms. The third-order valence-corrected chi connectivity index (χ3v) is 3.84. The van der Waals surface area contributed by atoms with Gasteiger partial charge in [0, 0.05) is 6.08 Å². The minimum Gasteiger partial charge on any atom is -0.488 e. The quantitative estimate of drug-likeness (QED) is 0.242. The Balaban J connectivity index is 2.26. The van der Waals surface area contributed by atoms with Crippen molar-refractivity contribution in [3.63, 3.8) is 0 Å². The van der Waals surface area contributed by atoms with Gasteiger partial charge in [-0.25, -0.2) is 26.7 Å². The lowest BCUT2D eigenvalue weighted by molar-refractivity contribution is -0.134. The molecule has 0 heterocycles. The molecule has 0 aliphatic carbocycles. The first-order valence-corrected chi connectivity index (χ1v) is 7.67. The molecule has 0 amide bonds. The standard InChI is InChI=1S/C19H15F5O3/c1-9(7-14(25)26-3)11-4-5-13(10(2)6-11)27-8-12-15(20)17(22)19(24)18(23)16(12)21/h4-7H,8H2,1-3H3/b9-7-. The van der Waals surface area contributed by atoms with E-state index in [9.17, 15) is 26.7 Å². The molecule has 0 radical (unpaired) electrons. The van der Waals surface area contributed by atoms with Crippen LogP contribution in [0, 0.1) is 36.0 Å². The summed E-state index contributed by atoms with van der Waals surface area (Å²) in [6.07, 6.45) is 1.28. The van der Waals surface area contributed by atoms with Crippen molar-refractivity contribution in [2.45, 2.75) is 20.5 Å². The van der Waals surface area contributed by atoms with Gasteiger partial charge in [0.05, 0.1) is 12.7 Å². The summed E-state index contributed by atoms with van der Waals surface area (Å²) in [6, 6.07) is 4.68. The largest absolute Gasteiger partial charge is 0.488 e. The molecule has 0 aliphatic heterocycles. The lowest BCUT2D eigenvalue weighted by Gasteiger charge is -2.13.